The van der Waals surface area contributed by atoms with Crippen molar-refractivity contribution in [2.45, 2.75) is 58.3 Å². The maximum absolute atomic E-state index is 12.4. The third-order valence-electron chi connectivity index (χ3n) is 7.56. The molecule has 3 aromatic carbocycles. The molecule has 0 bridgehead atoms. The first-order valence-corrected chi connectivity index (χ1v) is 14.8. The van der Waals surface area contributed by atoms with Crippen molar-refractivity contribution in [3.8, 4) is 16.9 Å². The van der Waals surface area contributed by atoms with Gasteiger partial charge in [0, 0.05) is 23.1 Å². The Kier molecular flexibility index (Phi) is 9.40. The van der Waals surface area contributed by atoms with Gasteiger partial charge in [0.05, 0.1) is 22.8 Å². The van der Waals surface area contributed by atoms with Gasteiger partial charge in [-0.25, -0.2) is 14.6 Å². The highest BCUT2D eigenvalue weighted by molar-refractivity contribution is 6.32. The van der Waals surface area contributed by atoms with E-state index in [1.165, 1.54) is 44.6 Å². The molecule has 0 atom stereocenters. The highest BCUT2D eigenvalue weighted by Crippen LogP contribution is 2.35. The number of hydrogen-bond acceptors (Lipinski definition) is 5. The Morgan fingerprint density at radius 3 is 2.31 bits per heavy atom. The standard InChI is InChI=1S/C20H14Cl2N4O3.C13H18/c1-11(27)18-14(10-17-23-24-20(28)29-17)19(12-6-8-13(21)9-7-12)26(25-18)16-5-3-2-4-15(16)22;1-11-7-5-6-10-13(11)12-8-3-2-4-9-12/h2-9H,10H2,1H3,(H,24,28);5-7,10,12H,2-4,8-9H2,1H3. The van der Waals surface area contributed by atoms with Gasteiger partial charge < -0.3 is 4.42 Å². The van der Waals surface area contributed by atoms with E-state index in [1.54, 1.807) is 34.5 Å². The van der Waals surface area contributed by atoms with Gasteiger partial charge in [-0.3, -0.25) is 4.79 Å². The van der Waals surface area contributed by atoms with Crippen LogP contribution in [0.1, 0.15) is 78.0 Å². The van der Waals surface area contributed by atoms with E-state index in [1.807, 2.05) is 24.3 Å². The second-order valence-electron chi connectivity index (χ2n) is 10.5. The first kappa shape index (κ1) is 29.5. The topological polar surface area (TPSA) is 93.8 Å². The molecule has 7 nitrogen and oxygen atoms in total. The summed E-state index contributed by atoms with van der Waals surface area (Å²) in [5, 5.41) is 11.7. The van der Waals surface area contributed by atoms with Crippen LogP contribution < -0.4 is 5.76 Å². The molecule has 0 saturated heterocycles. The zero-order valence-electron chi connectivity index (χ0n) is 23.6. The molecule has 1 fully saturated rings. The number of halogens is 2. The second kappa shape index (κ2) is 13.4. The van der Waals surface area contributed by atoms with Gasteiger partial charge in [-0.05, 0) is 61.1 Å². The Bertz CT molecular complexity index is 1730. The van der Waals surface area contributed by atoms with Crippen molar-refractivity contribution < 1.29 is 9.21 Å². The fourth-order valence-electron chi connectivity index (χ4n) is 5.55. The average molecular weight is 604 g/mol. The van der Waals surface area contributed by atoms with Crippen molar-refractivity contribution in [3.05, 3.63) is 122 Å². The van der Waals surface area contributed by atoms with Crippen LogP contribution in [0.4, 0.5) is 0 Å². The molecule has 2 heterocycles. The van der Waals surface area contributed by atoms with Gasteiger partial charge in [0.25, 0.3) is 0 Å². The molecular formula is C33H32Cl2N4O3. The summed E-state index contributed by atoms with van der Waals surface area (Å²) in [6, 6.07) is 23.2. The van der Waals surface area contributed by atoms with Gasteiger partial charge in [-0.15, -0.1) is 5.10 Å². The molecule has 5 aromatic rings. The number of carbonyl (C=O) groups excluding carboxylic acids is 1. The van der Waals surface area contributed by atoms with Gasteiger partial charge in [-0.2, -0.15) is 5.10 Å². The van der Waals surface area contributed by atoms with Crippen LogP contribution in [0, 0.1) is 6.92 Å². The zero-order valence-corrected chi connectivity index (χ0v) is 25.1. The number of ketones is 1. The number of nitrogens with one attached hydrogen (secondary N) is 1. The molecule has 2 aromatic heterocycles. The average Bonchev–Trinajstić information content (AvgIpc) is 3.58. The molecule has 0 spiro atoms. The lowest BCUT2D eigenvalue weighted by atomic mass is 9.82. The van der Waals surface area contributed by atoms with Crippen molar-refractivity contribution in [2.24, 2.45) is 0 Å². The highest BCUT2D eigenvalue weighted by Gasteiger charge is 2.25. The van der Waals surface area contributed by atoms with Crippen molar-refractivity contribution in [2.75, 3.05) is 0 Å². The molecule has 1 aliphatic carbocycles. The summed E-state index contributed by atoms with van der Waals surface area (Å²) in [5.41, 5.74) is 5.89. The largest absolute Gasteiger partial charge is 0.434 e. The van der Waals surface area contributed by atoms with Crippen LogP contribution in [0.3, 0.4) is 0 Å². The van der Waals surface area contributed by atoms with E-state index in [0.29, 0.717) is 27.0 Å². The van der Waals surface area contributed by atoms with E-state index in [0.717, 1.165) is 11.5 Å². The first-order chi connectivity index (χ1) is 20.3. The summed E-state index contributed by atoms with van der Waals surface area (Å²) in [4.78, 5) is 23.7. The number of H-pyrrole nitrogens is 1. The van der Waals surface area contributed by atoms with Crippen LogP contribution in [0.5, 0.6) is 0 Å². The lowest BCUT2D eigenvalue weighted by molar-refractivity contribution is 0.101. The number of para-hydroxylation sites is 1. The molecule has 9 heteroatoms. The van der Waals surface area contributed by atoms with Crippen molar-refractivity contribution in [1.29, 1.82) is 0 Å². The minimum Gasteiger partial charge on any atom is -0.392 e. The van der Waals surface area contributed by atoms with Crippen molar-refractivity contribution in [1.82, 2.24) is 20.0 Å². The third-order valence-corrected chi connectivity index (χ3v) is 8.13. The SMILES string of the molecule is CC(=O)c1nn(-c2ccccc2Cl)c(-c2ccc(Cl)cc2)c1Cc1n[nH]c(=O)o1.Cc1ccccc1C1CCCCC1. The monoisotopic (exact) mass is 602 g/mol. The smallest absolute Gasteiger partial charge is 0.392 e. The van der Waals surface area contributed by atoms with E-state index >= 15 is 0 Å². The van der Waals surface area contributed by atoms with Crippen LogP contribution >= 0.6 is 23.2 Å². The van der Waals surface area contributed by atoms with Crippen LogP contribution in [0.15, 0.2) is 82.0 Å². The van der Waals surface area contributed by atoms with E-state index in [4.69, 9.17) is 27.6 Å². The fraction of sp³-hybridized carbons (Fsp3) is 0.273. The summed E-state index contributed by atoms with van der Waals surface area (Å²) in [5.74, 6) is 0.0937. The molecule has 216 valence electrons. The molecule has 6 rings (SSSR count). The van der Waals surface area contributed by atoms with Crippen LogP contribution in [0.25, 0.3) is 16.9 Å². The lowest BCUT2D eigenvalue weighted by Crippen LogP contribution is -2.05. The summed E-state index contributed by atoms with van der Waals surface area (Å²) >= 11 is 12.5. The molecule has 1 saturated carbocycles. The zero-order chi connectivity index (χ0) is 29.6. The predicted molar refractivity (Wildman–Crippen MR) is 166 cm³/mol. The number of rotatable bonds is 6. The van der Waals surface area contributed by atoms with Gasteiger partial charge in [0.15, 0.2) is 5.78 Å². The minimum absolute atomic E-state index is 0.0933. The van der Waals surface area contributed by atoms with Crippen molar-refractivity contribution in [3.63, 3.8) is 0 Å². The van der Waals surface area contributed by atoms with Gasteiger partial charge >= 0.3 is 5.76 Å². The van der Waals surface area contributed by atoms with Gasteiger partial charge in [-0.1, -0.05) is 91.0 Å². The third kappa shape index (κ3) is 6.75. The summed E-state index contributed by atoms with van der Waals surface area (Å²) in [6.07, 6.45) is 7.21. The van der Waals surface area contributed by atoms with E-state index in [2.05, 4.69) is 46.5 Å². The van der Waals surface area contributed by atoms with E-state index < -0.39 is 5.76 Å². The molecular weight excluding hydrogens is 571 g/mol. The molecule has 1 N–H and O–H groups in total. The number of aromatic amines is 1. The van der Waals surface area contributed by atoms with E-state index in [9.17, 15) is 9.59 Å². The lowest BCUT2D eigenvalue weighted by Gasteiger charge is -2.23. The molecule has 0 amide bonds. The number of nitrogens with zero attached hydrogens (tertiary/aromatic N) is 3. The quantitative estimate of drug-likeness (QED) is 0.197. The summed E-state index contributed by atoms with van der Waals surface area (Å²) in [7, 11) is 0. The van der Waals surface area contributed by atoms with Crippen LogP contribution in [0.2, 0.25) is 10.0 Å². The highest BCUT2D eigenvalue weighted by atomic mass is 35.5. The molecule has 42 heavy (non-hydrogen) atoms. The Morgan fingerprint density at radius 1 is 0.976 bits per heavy atom. The Hall–Kier alpha value is -3.94. The molecule has 0 aliphatic heterocycles. The number of hydrogen-bond donors (Lipinski definition) is 1. The molecule has 0 unspecified atom stereocenters. The number of Topliss-reactive ketones (excluding diaryl/α,β-unsaturated/α-hetero) is 1. The summed E-state index contributed by atoms with van der Waals surface area (Å²) < 4.78 is 6.67. The molecule has 1 aliphatic rings. The van der Waals surface area contributed by atoms with Gasteiger partial charge in [0.2, 0.25) is 5.89 Å². The number of benzene rings is 3. The van der Waals surface area contributed by atoms with Gasteiger partial charge in [0.1, 0.15) is 5.69 Å². The van der Waals surface area contributed by atoms with Crippen molar-refractivity contribution >= 4 is 29.0 Å². The Morgan fingerprint density at radius 2 is 1.67 bits per heavy atom. The number of aryl methyl sites for hydroxylation is 1. The first-order valence-electron chi connectivity index (χ1n) is 14.1. The normalized spacial score (nSPS) is 13.4. The van der Waals surface area contributed by atoms with E-state index in [-0.39, 0.29) is 23.8 Å². The predicted octanol–water partition coefficient (Wildman–Crippen LogP) is 8.36. The number of carbonyl (C=O) groups is 1. The Balaban J connectivity index is 0.000000226. The maximum Gasteiger partial charge on any atom is 0.434 e. The van der Waals surface area contributed by atoms with Crippen LogP contribution in [-0.4, -0.2) is 25.8 Å². The minimum atomic E-state index is -0.670. The summed E-state index contributed by atoms with van der Waals surface area (Å²) in [6.45, 7) is 3.67. The second-order valence-corrected chi connectivity index (χ2v) is 11.3. The fourth-order valence-corrected chi connectivity index (χ4v) is 5.89. The molecule has 0 radical (unpaired) electrons. The Labute approximate surface area is 254 Å². The van der Waals surface area contributed by atoms with Crippen LogP contribution in [-0.2, 0) is 6.42 Å². The number of aromatic nitrogens is 4. The maximum atomic E-state index is 12.4.